The molecule has 2 aromatic carbocycles. The Balaban J connectivity index is 1.72. The third-order valence-electron chi connectivity index (χ3n) is 4.70. The van der Waals surface area contributed by atoms with E-state index in [1.54, 1.807) is 4.68 Å². The lowest BCUT2D eigenvalue weighted by atomic mass is 9.94. The van der Waals surface area contributed by atoms with E-state index in [2.05, 4.69) is 47.0 Å². The van der Waals surface area contributed by atoms with E-state index in [9.17, 15) is 4.79 Å². The van der Waals surface area contributed by atoms with Crippen molar-refractivity contribution < 1.29 is 0 Å². The molecule has 0 unspecified atom stereocenters. The largest absolute Gasteiger partial charge is 0.318 e. The summed E-state index contributed by atoms with van der Waals surface area (Å²) < 4.78 is 2.58. The van der Waals surface area contributed by atoms with Crippen molar-refractivity contribution in [2.75, 3.05) is 5.32 Å². The topological polar surface area (TPSA) is 101 Å². The van der Waals surface area contributed by atoms with E-state index in [1.165, 1.54) is 0 Å². The fourth-order valence-corrected chi connectivity index (χ4v) is 3.83. The van der Waals surface area contributed by atoms with Gasteiger partial charge in [-0.2, -0.15) is 9.78 Å². The Morgan fingerprint density at radius 2 is 1.93 bits per heavy atom. The Bertz CT molecular complexity index is 1280. The van der Waals surface area contributed by atoms with Crippen LogP contribution >= 0.6 is 15.9 Å². The van der Waals surface area contributed by atoms with E-state index in [0.717, 1.165) is 15.6 Å². The smallest absolute Gasteiger partial charge is 0.288 e. The molecule has 4 aromatic rings. The second kappa shape index (κ2) is 7.10. The van der Waals surface area contributed by atoms with E-state index in [-0.39, 0.29) is 5.56 Å². The van der Waals surface area contributed by atoms with Gasteiger partial charge >= 0.3 is 0 Å². The van der Waals surface area contributed by atoms with Crippen LogP contribution in [-0.4, -0.2) is 30.4 Å². The number of aromatic amines is 1. The molecule has 8 nitrogen and oxygen atoms in total. The first-order valence-corrected chi connectivity index (χ1v) is 9.66. The van der Waals surface area contributed by atoms with Crippen LogP contribution in [0.5, 0.6) is 0 Å². The van der Waals surface area contributed by atoms with Crippen molar-refractivity contribution >= 4 is 39.7 Å². The molecule has 5 rings (SSSR count). The highest BCUT2D eigenvalue weighted by Crippen LogP contribution is 2.38. The van der Waals surface area contributed by atoms with Gasteiger partial charge < -0.3 is 5.32 Å². The predicted octanol–water partition coefficient (Wildman–Crippen LogP) is 3.38. The Hall–Kier alpha value is -3.59. The van der Waals surface area contributed by atoms with Crippen LogP contribution in [0.4, 0.5) is 11.6 Å². The molecule has 0 aliphatic carbocycles. The molecule has 1 atom stereocenters. The Morgan fingerprint density at radius 1 is 1.07 bits per heavy atom. The maximum Gasteiger partial charge on any atom is 0.288 e. The number of H-pyrrole nitrogens is 1. The SMILES string of the molecule is O=c1[nH]nc(/C=C/c2ccccc2)c2c1Nc1nnnn1[C@@H]2c1cccc(Br)c1. The minimum atomic E-state index is -0.404. The number of nitrogens with one attached hydrogen (secondary N) is 2. The summed E-state index contributed by atoms with van der Waals surface area (Å²) in [5.41, 5.74) is 3.35. The Morgan fingerprint density at radius 3 is 2.76 bits per heavy atom. The second-order valence-corrected chi connectivity index (χ2v) is 7.42. The first-order valence-electron chi connectivity index (χ1n) is 8.87. The summed E-state index contributed by atoms with van der Waals surface area (Å²) >= 11 is 3.52. The van der Waals surface area contributed by atoms with Crippen LogP contribution in [0.25, 0.3) is 12.2 Å². The van der Waals surface area contributed by atoms with Gasteiger partial charge in [-0.1, -0.05) is 69.6 Å². The quantitative estimate of drug-likeness (QED) is 0.439. The lowest BCUT2D eigenvalue weighted by Gasteiger charge is -2.27. The van der Waals surface area contributed by atoms with Gasteiger partial charge in [-0.15, -0.1) is 0 Å². The van der Waals surface area contributed by atoms with Crippen LogP contribution in [0, 0.1) is 0 Å². The molecule has 0 amide bonds. The van der Waals surface area contributed by atoms with Gasteiger partial charge in [-0.3, -0.25) is 4.79 Å². The zero-order chi connectivity index (χ0) is 19.8. The van der Waals surface area contributed by atoms with E-state index < -0.39 is 6.04 Å². The molecule has 142 valence electrons. The Kier molecular flexibility index (Phi) is 4.28. The van der Waals surface area contributed by atoms with E-state index in [0.29, 0.717) is 22.9 Å². The number of benzene rings is 2. The van der Waals surface area contributed by atoms with Gasteiger partial charge in [0.1, 0.15) is 11.7 Å². The summed E-state index contributed by atoms with van der Waals surface area (Å²) in [6.07, 6.45) is 3.83. The fourth-order valence-electron chi connectivity index (χ4n) is 3.41. The van der Waals surface area contributed by atoms with E-state index >= 15 is 0 Å². The third-order valence-corrected chi connectivity index (χ3v) is 5.19. The number of rotatable bonds is 3. The maximum absolute atomic E-state index is 12.6. The summed E-state index contributed by atoms with van der Waals surface area (Å²) in [4.78, 5) is 12.6. The number of nitrogens with zero attached hydrogens (tertiary/aromatic N) is 5. The van der Waals surface area contributed by atoms with E-state index in [1.807, 2.05) is 66.7 Å². The molecular weight excluding hydrogens is 434 g/mol. The molecule has 0 spiro atoms. The highest BCUT2D eigenvalue weighted by Gasteiger charge is 2.33. The van der Waals surface area contributed by atoms with Crippen LogP contribution in [0.1, 0.15) is 28.4 Å². The van der Waals surface area contributed by atoms with Crippen molar-refractivity contribution in [2.45, 2.75) is 6.04 Å². The molecule has 0 saturated carbocycles. The monoisotopic (exact) mass is 447 g/mol. The average Bonchev–Trinajstić information content (AvgIpc) is 3.21. The van der Waals surface area contributed by atoms with E-state index in [4.69, 9.17) is 0 Å². The third kappa shape index (κ3) is 3.15. The minimum absolute atomic E-state index is 0.328. The normalized spacial score (nSPS) is 15.0. The lowest BCUT2D eigenvalue weighted by Crippen LogP contribution is -2.29. The van der Waals surface area contributed by atoms with Crippen molar-refractivity contribution in [3.63, 3.8) is 0 Å². The van der Waals surface area contributed by atoms with Crippen LogP contribution < -0.4 is 10.9 Å². The number of halogens is 1. The summed E-state index contributed by atoms with van der Waals surface area (Å²) in [7, 11) is 0. The number of tetrazole rings is 1. The predicted molar refractivity (Wildman–Crippen MR) is 113 cm³/mol. The van der Waals surface area contributed by atoms with Gasteiger partial charge in [0.05, 0.1) is 5.69 Å². The summed E-state index contributed by atoms with van der Waals surface area (Å²) in [6.45, 7) is 0. The molecule has 1 aliphatic heterocycles. The molecule has 29 heavy (non-hydrogen) atoms. The standard InChI is InChI=1S/C20H14BrN7O/c21-14-8-4-7-13(11-14)18-16-15(10-9-12-5-2-1-3-6-12)23-24-19(29)17(16)22-20-25-26-27-28(18)20/h1-11,18H,(H,24,29)(H,22,25,27)/b10-9+/t18-/m1/s1. The molecule has 2 aromatic heterocycles. The molecule has 0 saturated heterocycles. The van der Waals surface area contributed by atoms with Crippen molar-refractivity contribution in [1.29, 1.82) is 0 Å². The van der Waals surface area contributed by atoms with Crippen LogP contribution in [0.2, 0.25) is 0 Å². The lowest BCUT2D eigenvalue weighted by molar-refractivity contribution is 0.565. The molecule has 0 radical (unpaired) electrons. The van der Waals surface area contributed by atoms with Crippen molar-refractivity contribution in [1.82, 2.24) is 30.4 Å². The van der Waals surface area contributed by atoms with Gasteiger partial charge in [0, 0.05) is 10.0 Å². The van der Waals surface area contributed by atoms with Crippen molar-refractivity contribution in [3.05, 3.63) is 91.8 Å². The van der Waals surface area contributed by atoms with Crippen LogP contribution in [-0.2, 0) is 0 Å². The molecule has 0 fully saturated rings. The summed E-state index contributed by atoms with van der Waals surface area (Å²) in [6, 6.07) is 17.3. The molecule has 2 N–H and O–H groups in total. The number of anilines is 2. The Labute approximate surface area is 173 Å². The number of hydrogen-bond acceptors (Lipinski definition) is 6. The summed E-state index contributed by atoms with van der Waals surface area (Å²) in [5.74, 6) is 0.400. The van der Waals surface area contributed by atoms with Gasteiger partial charge in [-0.05, 0) is 39.8 Å². The van der Waals surface area contributed by atoms with Crippen molar-refractivity contribution in [2.24, 2.45) is 0 Å². The zero-order valence-electron chi connectivity index (χ0n) is 15.0. The summed E-state index contributed by atoms with van der Waals surface area (Å²) in [5, 5.41) is 21.8. The highest BCUT2D eigenvalue weighted by atomic mass is 79.9. The molecule has 9 heteroatoms. The van der Waals surface area contributed by atoms with Gasteiger partial charge in [-0.25, -0.2) is 5.10 Å². The highest BCUT2D eigenvalue weighted by molar-refractivity contribution is 9.10. The van der Waals surface area contributed by atoms with Gasteiger partial charge in [0.2, 0.25) is 5.95 Å². The van der Waals surface area contributed by atoms with Gasteiger partial charge in [0.15, 0.2) is 0 Å². The van der Waals surface area contributed by atoms with Crippen molar-refractivity contribution in [3.8, 4) is 0 Å². The average molecular weight is 448 g/mol. The van der Waals surface area contributed by atoms with Gasteiger partial charge in [0.25, 0.3) is 5.56 Å². The molecular formula is C20H14BrN7O. The number of fused-ring (bicyclic) bond motifs is 2. The first kappa shape index (κ1) is 17.5. The molecule has 0 bridgehead atoms. The second-order valence-electron chi connectivity index (χ2n) is 6.50. The zero-order valence-corrected chi connectivity index (χ0v) is 16.5. The first-order chi connectivity index (χ1) is 14.2. The number of hydrogen-bond donors (Lipinski definition) is 2. The molecule has 3 heterocycles. The minimum Gasteiger partial charge on any atom is -0.318 e. The molecule has 1 aliphatic rings. The van der Waals surface area contributed by atoms with Crippen LogP contribution in [0.15, 0.2) is 63.9 Å². The number of aromatic nitrogens is 6. The van der Waals surface area contributed by atoms with Crippen LogP contribution in [0.3, 0.4) is 0 Å². The maximum atomic E-state index is 12.6. The fraction of sp³-hybridized carbons (Fsp3) is 0.0500.